The molecule has 2 rings (SSSR count). The van der Waals surface area contributed by atoms with Gasteiger partial charge in [0.2, 0.25) is 5.91 Å². The van der Waals surface area contributed by atoms with Crippen molar-refractivity contribution in [2.75, 3.05) is 18.8 Å². The lowest BCUT2D eigenvalue weighted by Gasteiger charge is -2.38. The van der Waals surface area contributed by atoms with E-state index in [2.05, 4.69) is 16.9 Å². The van der Waals surface area contributed by atoms with Crippen molar-refractivity contribution in [3.63, 3.8) is 0 Å². The molecular formula is C15H25ClN4OS. The van der Waals surface area contributed by atoms with Gasteiger partial charge in [-0.2, -0.15) is 0 Å². The summed E-state index contributed by atoms with van der Waals surface area (Å²) in [5.74, 6) is 1.18. The molecule has 0 saturated carbocycles. The number of rotatable bonds is 4. The van der Waals surface area contributed by atoms with Gasteiger partial charge in [-0.1, -0.05) is 18.7 Å². The Kier molecular flexibility index (Phi) is 7.59. The molecule has 0 radical (unpaired) electrons. The van der Waals surface area contributed by atoms with Crippen LogP contribution in [0.15, 0.2) is 11.2 Å². The fourth-order valence-electron chi connectivity index (χ4n) is 2.77. The number of hydrogen-bond acceptors (Lipinski definition) is 5. The minimum absolute atomic E-state index is 0. The molecule has 124 valence electrons. The van der Waals surface area contributed by atoms with Crippen LogP contribution in [-0.2, 0) is 4.79 Å². The summed E-state index contributed by atoms with van der Waals surface area (Å²) in [4.78, 5) is 23.1. The van der Waals surface area contributed by atoms with E-state index in [1.807, 2.05) is 24.8 Å². The Labute approximate surface area is 142 Å². The Morgan fingerprint density at radius 1 is 1.41 bits per heavy atom. The van der Waals surface area contributed by atoms with Gasteiger partial charge < -0.3 is 10.6 Å². The number of likely N-dealkylation sites (tertiary alicyclic amines) is 1. The average molecular weight is 345 g/mol. The summed E-state index contributed by atoms with van der Waals surface area (Å²) in [5.41, 5.74) is 7.68. The zero-order valence-corrected chi connectivity index (χ0v) is 15.0. The SMILES string of the molecule is Cc1cc(C)nc(SCC(=O)N2CCC(C)CC2CN)n1.Cl. The number of nitrogens with zero attached hydrogens (tertiary/aromatic N) is 3. The van der Waals surface area contributed by atoms with Crippen molar-refractivity contribution >= 4 is 30.1 Å². The van der Waals surface area contributed by atoms with E-state index >= 15 is 0 Å². The van der Waals surface area contributed by atoms with Crippen LogP contribution in [0.25, 0.3) is 0 Å². The van der Waals surface area contributed by atoms with E-state index in [9.17, 15) is 4.79 Å². The first-order valence-corrected chi connectivity index (χ1v) is 8.42. The van der Waals surface area contributed by atoms with Crippen molar-refractivity contribution in [2.45, 2.75) is 44.8 Å². The molecule has 2 heterocycles. The number of hydrogen-bond donors (Lipinski definition) is 1. The Bertz CT molecular complexity index is 494. The van der Waals surface area contributed by atoms with Crippen LogP contribution in [0.3, 0.4) is 0 Å². The molecule has 1 aromatic rings. The zero-order chi connectivity index (χ0) is 15.4. The highest BCUT2D eigenvalue weighted by Crippen LogP contribution is 2.23. The quantitative estimate of drug-likeness (QED) is 0.669. The van der Waals surface area contributed by atoms with Crippen LogP contribution in [0.1, 0.15) is 31.2 Å². The smallest absolute Gasteiger partial charge is 0.233 e. The second-order valence-corrected chi connectivity index (χ2v) is 6.77. The number of piperidine rings is 1. The predicted octanol–water partition coefficient (Wildman–Crippen LogP) is 2.19. The molecule has 5 nitrogen and oxygen atoms in total. The normalized spacial score (nSPS) is 21.4. The third kappa shape index (κ3) is 5.11. The van der Waals surface area contributed by atoms with Crippen LogP contribution >= 0.6 is 24.2 Å². The minimum atomic E-state index is 0. The van der Waals surface area contributed by atoms with Crippen LogP contribution < -0.4 is 5.73 Å². The fraction of sp³-hybridized carbons (Fsp3) is 0.667. The standard InChI is InChI=1S/C15H24N4OS.ClH/c1-10-4-5-19(13(6-10)8-16)14(20)9-21-15-17-11(2)7-12(3)18-15;/h7,10,13H,4-6,8-9,16H2,1-3H3;1H. The summed E-state index contributed by atoms with van der Waals surface area (Å²) >= 11 is 1.41. The molecule has 0 spiro atoms. The molecule has 7 heteroatoms. The Hall–Kier alpha value is -0.850. The van der Waals surface area contributed by atoms with Gasteiger partial charge in [0, 0.05) is 30.5 Å². The van der Waals surface area contributed by atoms with Gasteiger partial charge in [0.05, 0.1) is 5.75 Å². The second kappa shape index (κ2) is 8.70. The number of aryl methyl sites for hydroxylation is 2. The predicted molar refractivity (Wildman–Crippen MR) is 92.4 cm³/mol. The van der Waals surface area contributed by atoms with E-state index in [-0.39, 0.29) is 24.4 Å². The van der Waals surface area contributed by atoms with Crippen molar-refractivity contribution in [3.05, 3.63) is 17.5 Å². The van der Waals surface area contributed by atoms with Crippen LogP contribution in [-0.4, -0.2) is 45.7 Å². The lowest BCUT2D eigenvalue weighted by molar-refractivity contribution is -0.132. The summed E-state index contributed by atoms with van der Waals surface area (Å²) in [5, 5.41) is 0.676. The van der Waals surface area contributed by atoms with E-state index < -0.39 is 0 Å². The molecule has 1 saturated heterocycles. The van der Waals surface area contributed by atoms with Crippen molar-refractivity contribution in [2.24, 2.45) is 11.7 Å². The summed E-state index contributed by atoms with van der Waals surface area (Å²) in [7, 11) is 0. The number of aromatic nitrogens is 2. The number of amides is 1. The van der Waals surface area contributed by atoms with Gasteiger partial charge in [-0.05, 0) is 38.7 Å². The number of nitrogens with two attached hydrogens (primary N) is 1. The molecule has 0 bridgehead atoms. The lowest BCUT2D eigenvalue weighted by Crippen LogP contribution is -2.49. The first-order chi connectivity index (χ1) is 9.99. The van der Waals surface area contributed by atoms with E-state index in [1.165, 1.54) is 11.8 Å². The molecule has 2 N–H and O–H groups in total. The van der Waals surface area contributed by atoms with Gasteiger partial charge in [-0.25, -0.2) is 9.97 Å². The summed E-state index contributed by atoms with van der Waals surface area (Å²) < 4.78 is 0. The minimum Gasteiger partial charge on any atom is -0.338 e. The number of carbonyl (C=O) groups is 1. The molecule has 0 aliphatic carbocycles. The van der Waals surface area contributed by atoms with Gasteiger partial charge in [-0.15, -0.1) is 12.4 Å². The maximum Gasteiger partial charge on any atom is 0.233 e. The van der Waals surface area contributed by atoms with Gasteiger partial charge in [0.15, 0.2) is 5.16 Å². The topological polar surface area (TPSA) is 72.1 Å². The molecular weight excluding hydrogens is 320 g/mol. The van der Waals surface area contributed by atoms with Gasteiger partial charge >= 0.3 is 0 Å². The Balaban J connectivity index is 0.00000242. The summed E-state index contributed by atoms with van der Waals surface area (Å²) in [6, 6.07) is 2.12. The highest BCUT2D eigenvalue weighted by Gasteiger charge is 2.28. The largest absolute Gasteiger partial charge is 0.338 e. The lowest BCUT2D eigenvalue weighted by atomic mass is 9.92. The number of carbonyl (C=O) groups excluding carboxylic acids is 1. The Morgan fingerprint density at radius 2 is 2.05 bits per heavy atom. The van der Waals surface area contributed by atoms with Crippen LogP contribution in [0.4, 0.5) is 0 Å². The second-order valence-electron chi connectivity index (χ2n) is 5.83. The maximum atomic E-state index is 12.4. The fourth-order valence-corrected chi connectivity index (χ4v) is 3.61. The van der Waals surface area contributed by atoms with Crippen molar-refractivity contribution in [1.82, 2.24) is 14.9 Å². The molecule has 2 unspecified atom stereocenters. The van der Waals surface area contributed by atoms with Crippen LogP contribution in [0.5, 0.6) is 0 Å². The third-order valence-corrected chi connectivity index (χ3v) is 4.69. The van der Waals surface area contributed by atoms with E-state index in [0.717, 1.165) is 30.8 Å². The van der Waals surface area contributed by atoms with E-state index in [4.69, 9.17) is 5.73 Å². The van der Waals surface area contributed by atoms with Crippen LogP contribution in [0.2, 0.25) is 0 Å². The zero-order valence-electron chi connectivity index (χ0n) is 13.4. The number of thioether (sulfide) groups is 1. The van der Waals surface area contributed by atoms with Gasteiger partial charge in [-0.3, -0.25) is 4.79 Å². The van der Waals surface area contributed by atoms with E-state index in [1.54, 1.807) is 0 Å². The van der Waals surface area contributed by atoms with Gasteiger partial charge in [0.25, 0.3) is 0 Å². The van der Waals surface area contributed by atoms with Gasteiger partial charge in [0.1, 0.15) is 0 Å². The van der Waals surface area contributed by atoms with E-state index in [0.29, 0.717) is 23.4 Å². The molecule has 22 heavy (non-hydrogen) atoms. The van der Waals surface area contributed by atoms with Crippen LogP contribution in [0, 0.1) is 19.8 Å². The third-order valence-electron chi connectivity index (χ3n) is 3.86. The highest BCUT2D eigenvalue weighted by molar-refractivity contribution is 7.99. The van der Waals surface area contributed by atoms with Crippen molar-refractivity contribution in [3.8, 4) is 0 Å². The van der Waals surface area contributed by atoms with Crippen molar-refractivity contribution in [1.29, 1.82) is 0 Å². The Morgan fingerprint density at radius 3 is 2.64 bits per heavy atom. The van der Waals surface area contributed by atoms with Crippen molar-refractivity contribution < 1.29 is 4.79 Å². The highest BCUT2D eigenvalue weighted by atomic mass is 35.5. The molecule has 1 amide bonds. The molecule has 0 aromatic carbocycles. The summed E-state index contributed by atoms with van der Waals surface area (Å²) in [6.07, 6.45) is 2.07. The first-order valence-electron chi connectivity index (χ1n) is 7.44. The first kappa shape index (κ1) is 19.2. The molecule has 2 atom stereocenters. The molecule has 1 aliphatic heterocycles. The average Bonchev–Trinajstić information content (AvgIpc) is 2.43. The monoisotopic (exact) mass is 344 g/mol. The molecule has 1 fully saturated rings. The maximum absolute atomic E-state index is 12.4. The summed E-state index contributed by atoms with van der Waals surface area (Å²) in [6.45, 7) is 7.47. The molecule has 1 aliphatic rings. The molecule has 1 aromatic heterocycles. The number of halogens is 1.